The standard InChI is InChI=1S/C19H17F4NO2/c1-26-18(25)15-9-17(24)16(19(21,22)23)8-14(15)13-4-2-3-10-7-11(20)5-6-12(10)13/h5-9,13H,2-4,24H2,1H3. The van der Waals surface area contributed by atoms with Crippen molar-refractivity contribution in [1.29, 1.82) is 0 Å². The number of carbonyl (C=O) groups is 1. The molecule has 0 spiro atoms. The number of methoxy groups -OCH3 is 1. The van der Waals surface area contributed by atoms with Crippen LogP contribution in [0.3, 0.4) is 0 Å². The molecule has 1 aliphatic rings. The molecule has 3 nitrogen and oxygen atoms in total. The summed E-state index contributed by atoms with van der Waals surface area (Å²) in [5.41, 5.74) is 5.67. The molecule has 2 N–H and O–H groups in total. The summed E-state index contributed by atoms with van der Waals surface area (Å²) in [5, 5.41) is 0. The molecule has 0 aromatic heterocycles. The van der Waals surface area contributed by atoms with E-state index in [4.69, 9.17) is 10.5 Å². The Hall–Kier alpha value is -2.57. The van der Waals surface area contributed by atoms with Gasteiger partial charge in [0.2, 0.25) is 0 Å². The van der Waals surface area contributed by atoms with Crippen molar-refractivity contribution in [2.75, 3.05) is 12.8 Å². The smallest absolute Gasteiger partial charge is 0.418 e. The molecule has 1 atom stereocenters. The molecule has 138 valence electrons. The Morgan fingerprint density at radius 3 is 2.58 bits per heavy atom. The average molecular weight is 367 g/mol. The molecule has 0 radical (unpaired) electrons. The van der Waals surface area contributed by atoms with Gasteiger partial charge in [-0.05, 0) is 60.2 Å². The summed E-state index contributed by atoms with van der Waals surface area (Å²) in [6, 6.07) is 6.17. The van der Waals surface area contributed by atoms with Gasteiger partial charge in [-0.1, -0.05) is 6.07 Å². The highest BCUT2D eigenvalue weighted by Gasteiger charge is 2.36. The molecular weight excluding hydrogens is 350 g/mol. The zero-order valence-electron chi connectivity index (χ0n) is 14.0. The van der Waals surface area contributed by atoms with E-state index in [-0.39, 0.29) is 11.1 Å². The van der Waals surface area contributed by atoms with Crippen molar-refractivity contribution >= 4 is 11.7 Å². The number of nitrogen functional groups attached to an aromatic ring is 1. The molecular formula is C19H17F4NO2. The lowest BCUT2D eigenvalue weighted by molar-refractivity contribution is -0.137. The predicted octanol–water partition coefficient (Wildman–Crippen LogP) is 4.68. The number of ether oxygens (including phenoxy) is 1. The number of rotatable bonds is 2. The van der Waals surface area contributed by atoms with Crippen molar-refractivity contribution in [3.05, 3.63) is 64.0 Å². The summed E-state index contributed by atoms with van der Waals surface area (Å²) in [5.74, 6) is -1.62. The summed E-state index contributed by atoms with van der Waals surface area (Å²) in [6.07, 6.45) is -2.79. The number of fused-ring (bicyclic) bond motifs is 1. The first kappa shape index (κ1) is 18.2. The van der Waals surface area contributed by atoms with Crippen LogP contribution in [0.5, 0.6) is 0 Å². The number of carbonyl (C=O) groups excluding carboxylic acids is 1. The first-order chi connectivity index (χ1) is 12.2. The molecule has 2 aromatic rings. The first-order valence-electron chi connectivity index (χ1n) is 8.09. The van der Waals surface area contributed by atoms with E-state index in [0.29, 0.717) is 19.3 Å². The number of benzene rings is 2. The van der Waals surface area contributed by atoms with E-state index >= 15 is 0 Å². The topological polar surface area (TPSA) is 52.3 Å². The number of esters is 1. The maximum absolute atomic E-state index is 13.5. The minimum absolute atomic E-state index is 0.000162. The third-order valence-electron chi connectivity index (χ3n) is 4.73. The second kappa shape index (κ2) is 6.63. The molecule has 0 heterocycles. The summed E-state index contributed by atoms with van der Waals surface area (Å²) in [4.78, 5) is 12.1. The fourth-order valence-electron chi connectivity index (χ4n) is 3.56. The Balaban J connectivity index is 2.22. The zero-order chi connectivity index (χ0) is 19.1. The van der Waals surface area contributed by atoms with Gasteiger partial charge in [0.25, 0.3) is 0 Å². The maximum atomic E-state index is 13.5. The van der Waals surface area contributed by atoms with Gasteiger partial charge in [0.05, 0.1) is 18.2 Å². The molecule has 0 amide bonds. The quantitative estimate of drug-likeness (QED) is 0.476. The van der Waals surface area contributed by atoms with E-state index < -0.39 is 35.1 Å². The van der Waals surface area contributed by atoms with Crippen molar-refractivity contribution in [3.63, 3.8) is 0 Å². The highest BCUT2D eigenvalue weighted by Crippen LogP contribution is 2.42. The van der Waals surface area contributed by atoms with Crippen LogP contribution in [0.2, 0.25) is 0 Å². The lowest BCUT2D eigenvalue weighted by Gasteiger charge is -2.28. The molecule has 26 heavy (non-hydrogen) atoms. The molecule has 0 saturated heterocycles. The van der Waals surface area contributed by atoms with E-state index in [0.717, 1.165) is 30.4 Å². The summed E-state index contributed by atoms with van der Waals surface area (Å²) in [6.45, 7) is 0. The third kappa shape index (κ3) is 3.25. The van der Waals surface area contributed by atoms with Gasteiger partial charge in [-0.15, -0.1) is 0 Å². The van der Waals surface area contributed by atoms with Gasteiger partial charge >= 0.3 is 12.1 Å². The Kier molecular flexibility index (Phi) is 4.64. The summed E-state index contributed by atoms with van der Waals surface area (Å²) >= 11 is 0. The SMILES string of the molecule is COC(=O)c1cc(N)c(C(F)(F)F)cc1C1CCCc2cc(F)ccc21. The molecule has 3 rings (SSSR count). The molecule has 7 heteroatoms. The van der Waals surface area contributed by atoms with E-state index in [1.165, 1.54) is 12.1 Å². The number of hydrogen-bond donors (Lipinski definition) is 1. The molecule has 0 fully saturated rings. The van der Waals surface area contributed by atoms with Crippen LogP contribution in [0.4, 0.5) is 23.2 Å². The monoisotopic (exact) mass is 367 g/mol. The van der Waals surface area contributed by atoms with Crippen LogP contribution >= 0.6 is 0 Å². The normalized spacial score (nSPS) is 16.9. The highest BCUT2D eigenvalue weighted by atomic mass is 19.4. The molecule has 0 saturated carbocycles. The van der Waals surface area contributed by atoms with Gasteiger partial charge in [0.15, 0.2) is 0 Å². The number of aryl methyl sites for hydroxylation is 1. The third-order valence-corrected chi connectivity index (χ3v) is 4.73. The second-order valence-corrected chi connectivity index (χ2v) is 6.30. The van der Waals surface area contributed by atoms with Crippen LogP contribution in [0.25, 0.3) is 0 Å². The number of halogens is 4. The van der Waals surface area contributed by atoms with Crippen LogP contribution in [0.15, 0.2) is 30.3 Å². The van der Waals surface area contributed by atoms with Gasteiger partial charge in [-0.3, -0.25) is 0 Å². The first-order valence-corrected chi connectivity index (χ1v) is 8.09. The van der Waals surface area contributed by atoms with Crippen LogP contribution in [-0.2, 0) is 17.3 Å². The van der Waals surface area contributed by atoms with E-state index in [9.17, 15) is 22.4 Å². The van der Waals surface area contributed by atoms with Crippen molar-refractivity contribution in [3.8, 4) is 0 Å². The molecule has 1 unspecified atom stereocenters. The zero-order valence-corrected chi connectivity index (χ0v) is 14.0. The number of nitrogens with two attached hydrogens (primary N) is 1. The van der Waals surface area contributed by atoms with Gasteiger partial charge in [-0.2, -0.15) is 13.2 Å². The minimum Gasteiger partial charge on any atom is -0.465 e. The van der Waals surface area contributed by atoms with E-state index in [2.05, 4.69) is 0 Å². The minimum atomic E-state index is -4.65. The van der Waals surface area contributed by atoms with Crippen molar-refractivity contribution in [2.24, 2.45) is 0 Å². The Morgan fingerprint density at radius 2 is 1.92 bits per heavy atom. The molecule has 0 aliphatic heterocycles. The highest BCUT2D eigenvalue weighted by molar-refractivity contribution is 5.93. The summed E-state index contributed by atoms with van der Waals surface area (Å²) < 4.78 is 58.2. The fraction of sp³-hybridized carbons (Fsp3) is 0.316. The Morgan fingerprint density at radius 1 is 1.19 bits per heavy atom. The Labute approximate surface area is 147 Å². The fourth-order valence-corrected chi connectivity index (χ4v) is 3.56. The second-order valence-electron chi connectivity index (χ2n) is 6.30. The van der Waals surface area contributed by atoms with E-state index in [1.54, 1.807) is 6.07 Å². The summed E-state index contributed by atoms with van der Waals surface area (Å²) in [7, 11) is 1.16. The van der Waals surface area contributed by atoms with E-state index in [1.807, 2.05) is 0 Å². The van der Waals surface area contributed by atoms with Crippen molar-refractivity contribution < 1.29 is 27.1 Å². The van der Waals surface area contributed by atoms with Gasteiger partial charge in [-0.25, -0.2) is 9.18 Å². The maximum Gasteiger partial charge on any atom is 0.418 e. The van der Waals surface area contributed by atoms with Crippen molar-refractivity contribution in [1.82, 2.24) is 0 Å². The van der Waals surface area contributed by atoms with Crippen LogP contribution < -0.4 is 5.73 Å². The molecule has 1 aliphatic carbocycles. The largest absolute Gasteiger partial charge is 0.465 e. The van der Waals surface area contributed by atoms with Gasteiger partial charge in [0.1, 0.15) is 5.82 Å². The van der Waals surface area contributed by atoms with Gasteiger partial charge in [0, 0.05) is 11.6 Å². The van der Waals surface area contributed by atoms with Crippen LogP contribution in [0.1, 0.15) is 51.4 Å². The average Bonchev–Trinajstić information content (AvgIpc) is 2.59. The van der Waals surface area contributed by atoms with Crippen LogP contribution in [0, 0.1) is 5.82 Å². The molecule has 2 aromatic carbocycles. The molecule has 0 bridgehead atoms. The van der Waals surface area contributed by atoms with Gasteiger partial charge < -0.3 is 10.5 Å². The van der Waals surface area contributed by atoms with Crippen LogP contribution in [-0.4, -0.2) is 13.1 Å². The number of hydrogen-bond acceptors (Lipinski definition) is 3. The number of anilines is 1. The Bertz CT molecular complexity index is 861. The number of alkyl halides is 3. The lowest BCUT2D eigenvalue weighted by atomic mass is 9.77. The lowest BCUT2D eigenvalue weighted by Crippen LogP contribution is -2.19. The van der Waals surface area contributed by atoms with Crippen molar-refractivity contribution in [2.45, 2.75) is 31.4 Å². The predicted molar refractivity (Wildman–Crippen MR) is 88.4 cm³/mol.